The zero-order valence-electron chi connectivity index (χ0n) is 23.8. The quantitative estimate of drug-likeness (QED) is 0.126. The molecule has 0 amide bonds. The molecular formula is C33H31FN6O3. The molecule has 1 fully saturated rings. The van der Waals surface area contributed by atoms with Crippen LogP contribution in [0.1, 0.15) is 30.4 Å². The highest BCUT2D eigenvalue weighted by molar-refractivity contribution is 6.02. The van der Waals surface area contributed by atoms with Gasteiger partial charge in [-0.2, -0.15) is 5.26 Å². The number of aryl methyl sites for hydroxylation is 1. The number of benzene rings is 3. The molecule has 0 bridgehead atoms. The molecule has 1 atom stereocenters. The van der Waals surface area contributed by atoms with Gasteiger partial charge in [-0.3, -0.25) is 9.78 Å². The van der Waals surface area contributed by atoms with E-state index < -0.39 is 0 Å². The van der Waals surface area contributed by atoms with Crippen molar-refractivity contribution < 1.29 is 19.0 Å². The predicted octanol–water partition coefficient (Wildman–Crippen LogP) is 6.75. The largest absolute Gasteiger partial charge is 0.491 e. The highest BCUT2D eigenvalue weighted by atomic mass is 19.1. The number of rotatable bonds is 10. The Kier molecular flexibility index (Phi) is 9.16. The summed E-state index contributed by atoms with van der Waals surface area (Å²) in [5.74, 6) is -0.00770. The summed E-state index contributed by atoms with van der Waals surface area (Å²) in [6, 6.07) is 18.3. The monoisotopic (exact) mass is 578 g/mol. The van der Waals surface area contributed by atoms with Crippen LogP contribution < -0.4 is 9.64 Å². The van der Waals surface area contributed by atoms with E-state index in [4.69, 9.17) is 15.3 Å². The highest BCUT2D eigenvalue weighted by Gasteiger charge is 2.24. The molecule has 0 saturated carbocycles. The van der Waals surface area contributed by atoms with Crippen LogP contribution in [-0.2, 0) is 4.79 Å². The third kappa shape index (κ3) is 6.59. The molecule has 1 aliphatic rings. The molecule has 0 spiro atoms. The second-order valence-electron chi connectivity index (χ2n) is 10.7. The Balaban J connectivity index is 1.63. The van der Waals surface area contributed by atoms with E-state index in [2.05, 4.69) is 21.0 Å². The minimum absolute atomic E-state index is 0.133. The molecule has 43 heavy (non-hydrogen) atoms. The average molecular weight is 579 g/mol. The number of ether oxygens (including phenoxy) is 1. The molecule has 9 nitrogen and oxygen atoms in total. The van der Waals surface area contributed by atoms with Crippen molar-refractivity contribution in [1.29, 1.82) is 5.26 Å². The number of Topliss-reactive ketones (excluding diaryl/α,β-unsaturated/α-hetero) is 1. The lowest BCUT2D eigenvalue weighted by atomic mass is 9.95. The smallest absolute Gasteiger partial charge is 0.144 e. The van der Waals surface area contributed by atoms with Gasteiger partial charge >= 0.3 is 0 Å². The number of aliphatic hydroxyl groups excluding tert-OH is 1. The number of ketones is 1. The molecule has 1 N–H and O–H groups in total. The van der Waals surface area contributed by atoms with E-state index in [9.17, 15) is 19.6 Å². The van der Waals surface area contributed by atoms with Crippen LogP contribution in [-0.4, -0.2) is 48.7 Å². The number of para-hydroxylation sites is 1. The van der Waals surface area contributed by atoms with Crippen molar-refractivity contribution >= 4 is 22.4 Å². The lowest BCUT2D eigenvalue weighted by molar-refractivity contribution is -0.119. The first-order chi connectivity index (χ1) is 20.9. The van der Waals surface area contributed by atoms with Gasteiger partial charge in [-0.15, -0.1) is 0 Å². The predicted molar refractivity (Wildman–Crippen MR) is 163 cm³/mol. The first kappa shape index (κ1) is 29.5. The number of piperidine rings is 1. The second kappa shape index (κ2) is 13.3. The SMILES string of the molecule is Cc1cc(F)cc(-c2cnc3ccc(-c4cccc(C#N)c4OCC(CO)CCN=[N+]=[N-])cc3c2N2CCC(=O)CC2)c1. The summed E-state index contributed by atoms with van der Waals surface area (Å²) in [5, 5.41) is 24.1. The standard InChI is InChI=1S/C33H31FN6O3/c1-21-13-25(15-26(34)14-21)30-18-37-31-6-5-23(16-29(31)32(30)40-11-8-27(42)9-12-40)28-4-2-3-24(17-35)33(28)43-20-22(19-41)7-10-38-39-36/h2-6,13-16,18,22,41H,7-12,19-20H2,1H3. The molecule has 1 unspecified atom stereocenters. The Morgan fingerprint density at radius 3 is 2.70 bits per heavy atom. The molecule has 2 heterocycles. The number of carbonyl (C=O) groups is 1. The molecule has 1 aromatic heterocycles. The number of aliphatic hydroxyl groups is 1. The van der Waals surface area contributed by atoms with Gasteiger partial charge in [0.15, 0.2) is 0 Å². The summed E-state index contributed by atoms with van der Waals surface area (Å²) in [4.78, 5) is 21.8. The second-order valence-corrected chi connectivity index (χ2v) is 10.7. The number of anilines is 1. The Bertz CT molecular complexity index is 1730. The number of nitrogens with zero attached hydrogens (tertiary/aromatic N) is 6. The average Bonchev–Trinajstić information content (AvgIpc) is 3.01. The van der Waals surface area contributed by atoms with E-state index in [0.29, 0.717) is 54.8 Å². The van der Waals surface area contributed by atoms with E-state index in [0.717, 1.165) is 33.3 Å². The minimum atomic E-state index is -0.334. The van der Waals surface area contributed by atoms with Crippen molar-refractivity contribution in [2.24, 2.45) is 11.0 Å². The highest BCUT2D eigenvalue weighted by Crippen LogP contribution is 2.41. The van der Waals surface area contributed by atoms with E-state index in [-0.39, 0.29) is 37.3 Å². The summed E-state index contributed by atoms with van der Waals surface area (Å²) in [6.45, 7) is 3.14. The molecule has 10 heteroatoms. The number of hydrogen-bond acceptors (Lipinski definition) is 7. The third-order valence-electron chi connectivity index (χ3n) is 7.70. The number of nitriles is 1. The number of carbonyl (C=O) groups excluding carboxylic acids is 1. The van der Waals surface area contributed by atoms with Gasteiger partial charge in [-0.25, -0.2) is 4.39 Å². The fraction of sp³-hybridized carbons (Fsp3) is 0.303. The molecule has 0 aliphatic carbocycles. The van der Waals surface area contributed by atoms with E-state index in [1.54, 1.807) is 18.3 Å². The maximum Gasteiger partial charge on any atom is 0.144 e. The van der Waals surface area contributed by atoms with Gasteiger partial charge in [0.1, 0.15) is 23.4 Å². The van der Waals surface area contributed by atoms with Crippen LogP contribution in [0.5, 0.6) is 5.75 Å². The van der Waals surface area contributed by atoms with E-state index >= 15 is 0 Å². The van der Waals surface area contributed by atoms with Crippen LogP contribution in [0.15, 0.2) is 65.9 Å². The summed E-state index contributed by atoms with van der Waals surface area (Å²) >= 11 is 0. The minimum Gasteiger partial charge on any atom is -0.491 e. The number of hydrogen-bond donors (Lipinski definition) is 1. The van der Waals surface area contributed by atoms with Crippen molar-refractivity contribution in [3.63, 3.8) is 0 Å². The van der Waals surface area contributed by atoms with Crippen LogP contribution in [0.2, 0.25) is 0 Å². The molecule has 5 rings (SSSR count). The van der Waals surface area contributed by atoms with Crippen molar-refractivity contribution in [2.45, 2.75) is 26.2 Å². The van der Waals surface area contributed by atoms with E-state index in [1.807, 2.05) is 37.3 Å². The number of fused-ring (bicyclic) bond motifs is 1. The van der Waals surface area contributed by atoms with Gasteiger partial charge in [0.25, 0.3) is 0 Å². The summed E-state index contributed by atoms with van der Waals surface area (Å²) in [7, 11) is 0. The molecule has 1 aliphatic heterocycles. The first-order valence-electron chi connectivity index (χ1n) is 14.2. The van der Waals surface area contributed by atoms with Crippen molar-refractivity contribution in [1.82, 2.24) is 4.98 Å². The fourth-order valence-electron chi connectivity index (χ4n) is 5.49. The van der Waals surface area contributed by atoms with Gasteiger partial charge in [0, 0.05) is 72.6 Å². The number of halogens is 1. The summed E-state index contributed by atoms with van der Waals surface area (Å²) in [5.41, 5.74) is 14.3. The van der Waals surface area contributed by atoms with Crippen molar-refractivity contribution in [3.8, 4) is 34.1 Å². The molecular weight excluding hydrogens is 547 g/mol. The number of azide groups is 1. The number of pyridine rings is 1. The van der Waals surface area contributed by atoms with Crippen LogP contribution in [0.3, 0.4) is 0 Å². The Labute approximate surface area is 248 Å². The van der Waals surface area contributed by atoms with Crippen LogP contribution in [0.25, 0.3) is 43.6 Å². The van der Waals surface area contributed by atoms with Gasteiger partial charge in [0.2, 0.25) is 0 Å². The zero-order valence-corrected chi connectivity index (χ0v) is 23.8. The maximum atomic E-state index is 14.5. The number of aromatic nitrogens is 1. The maximum absolute atomic E-state index is 14.5. The Morgan fingerprint density at radius 1 is 1.16 bits per heavy atom. The summed E-state index contributed by atoms with van der Waals surface area (Å²) < 4.78 is 20.7. The summed E-state index contributed by atoms with van der Waals surface area (Å²) in [6.07, 6.45) is 3.06. The molecule has 4 aromatic rings. The van der Waals surface area contributed by atoms with Crippen LogP contribution in [0, 0.1) is 30.0 Å². The van der Waals surface area contributed by atoms with Gasteiger partial charge in [-0.1, -0.05) is 29.4 Å². The fourth-order valence-corrected chi connectivity index (χ4v) is 5.49. The molecule has 218 valence electrons. The van der Waals surface area contributed by atoms with Gasteiger partial charge in [0.05, 0.1) is 23.4 Å². The Hall–Kier alpha value is -4.97. The molecule has 3 aromatic carbocycles. The van der Waals surface area contributed by atoms with Gasteiger partial charge in [-0.05, 0) is 65.9 Å². The Morgan fingerprint density at radius 2 is 1.98 bits per heavy atom. The van der Waals surface area contributed by atoms with Crippen LogP contribution in [0.4, 0.5) is 10.1 Å². The lowest BCUT2D eigenvalue weighted by Gasteiger charge is -2.31. The molecule has 1 saturated heterocycles. The van der Waals surface area contributed by atoms with Gasteiger partial charge < -0.3 is 14.7 Å². The first-order valence-corrected chi connectivity index (χ1v) is 14.2. The zero-order chi connectivity index (χ0) is 30.3. The van der Waals surface area contributed by atoms with Crippen molar-refractivity contribution in [2.75, 3.05) is 37.7 Å². The normalized spacial score (nSPS) is 13.8. The third-order valence-corrected chi connectivity index (χ3v) is 7.70. The van der Waals surface area contributed by atoms with E-state index in [1.165, 1.54) is 12.1 Å². The van der Waals surface area contributed by atoms with Crippen LogP contribution >= 0.6 is 0 Å². The topological polar surface area (TPSA) is 135 Å². The molecule has 0 radical (unpaired) electrons. The van der Waals surface area contributed by atoms with Crippen molar-refractivity contribution in [3.05, 3.63) is 88.2 Å². The lowest BCUT2D eigenvalue weighted by Crippen LogP contribution is -2.34.